The Hall–Kier alpha value is -3.16. The minimum atomic E-state index is -4.47. The minimum Gasteiger partial charge on any atom is -0.325 e. The Labute approximate surface area is 147 Å². The number of para-hydroxylation sites is 1. The molecule has 26 heavy (non-hydrogen) atoms. The first-order chi connectivity index (χ1) is 12.3. The van der Waals surface area contributed by atoms with Gasteiger partial charge in [-0.1, -0.05) is 18.2 Å². The molecular formula is C18H14F3N3O2. The van der Waals surface area contributed by atoms with Gasteiger partial charge in [0.05, 0.1) is 17.0 Å². The molecule has 1 heterocycles. The molecule has 1 aliphatic rings. The number of hydrazone groups is 1. The van der Waals surface area contributed by atoms with E-state index in [2.05, 4.69) is 10.4 Å². The first-order valence-corrected chi connectivity index (χ1v) is 7.69. The topological polar surface area (TPSA) is 61.8 Å². The number of carbonyl (C=O) groups excluding carboxylic acids is 2. The molecule has 1 aliphatic heterocycles. The number of nitrogens with zero attached hydrogens (tertiary/aromatic N) is 2. The van der Waals surface area contributed by atoms with Crippen LogP contribution >= 0.6 is 0 Å². The molecule has 1 unspecified atom stereocenters. The van der Waals surface area contributed by atoms with Crippen LogP contribution in [0.5, 0.6) is 0 Å². The molecular weight excluding hydrogens is 347 g/mol. The zero-order chi connectivity index (χ0) is 18.9. The Kier molecular flexibility index (Phi) is 4.50. The Bertz CT molecular complexity index is 862. The van der Waals surface area contributed by atoms with Gasteiger partial charge in [0, 0.05) is 5.69 Å². The number of benzene rings is 2. The van der Waals surface area contributed by atoms with Gasteiger partial charge < -0.3 is 5.32 Å². The van der Waals surface area contributed by atoms with Gasteiger partial charge in [-0.25, -0.2) is 0 Å². The smallest absolute Gasteiger partial charge is 0.325 e. The highest BCUT2D eigenvalue weighted by atomic mass is 19.4. The van der Waals surface area contributed by atoms with E-state index in [-0.39, 0.29) is 11.4 Å². The van der Waals surface area contributed by atoms with Crippen molar-refractivity contribution >= 4 is 28.9 Å². The normalized spacial score (nSPS) is 17.2. The second-order valence-corrected chi connectivity index (χ2v) is 5.72. The molecule has 5 nitrogen and oxygen atoms in total. The van der Waals surface area contributed by atoms with E-state index in [0.717, 1.165) is 29.3 Å². The van der Waals surface area contributed by atoms with Gasteiger partial charge >= 0.3 is 6.18 Å². The SMILES string of the molecule is CC1=NN(c2ccc(C(F)(F)F)cc2)C(=O)C1C(=O)Nc1ccccc1. The van der Waals surface area contributed by atoms with Crippen molar-refractivity contribution in [1.82, 2.24) is 0 Å². The quantitative estimate of drug-likeness (QED) is 0.848. The van der Waals surface area contributed by atoms with E-state index in [1.54, 1.807) is 30.3 Å². The van der Waals surface area contributed by atoms with Crippen LogP contribution in [0.4, 0.5) is 24.5 Å². The van der Waals surface area contributed by atoms with Crippen LogP contribution in [0, 0.1) is 5.92 Å². The molecule has 0 spiro atoms. The van der Waals surface area contributed by atoms with Crippen molar-refractivity contribution in [3.8, 4) is 0 Å². The fourth-order valence-electron chi connectivity index (χ4n) is 2.58. The average molecular weight is 361 g/mol. The summed E-state index contributed by atoms with van der Waals surface area (Å²) in [7, 11) is 0. The summed E-state index contributed by atoms with van der Waals surface area (Å²) in [5.74, 6) is -2.29. The van der Waals surface area contributed by atoms with E-state index in [0.29, 0.717) is 5.69 Å². The molecule has 0 bridgehead atoms. The number of nitrogens with one attached hydrogen (secondary N) is 1. The van der Waals surface area contributed by atoms with Gasteiger partial charge in [-0.15, -0.1) is 0 Å². The van der Waals surface area contributed by atoms with Crippen LogP contribution in [0.3, 0.4) is 0 Å². The monoisotopic (exact) mass is 361 g/mol. The maximum absolute atomic E-state index is 12.6. The molecule has 0 radical (unpaired) electrons. The van der Waals surface area contributed by atoms with Crippen LogP contribution in [-0.4, -0.2) is 17.5 Å². The largest absolute Gasteiger partial charge is 0.416 e. The van der Waals surface area contributed by atoms with Crippen LogP contribution in [-0.2, 0) is 15.8 Å². The molecule has 134 valence electrons. The van der Waals surface area contributed by atoms with Crippen LogP contribution in [0.1, 0.15) is 12.5 Å². The number of rotatable bonds is 3. The molecule has 3 rings (SSSR count). The Morgan fingerprint density at radius 1 is 1.08 bits per heavy atom. The number of carbonyl (C=O) groups is 2. The van der Waals surface area contributed by atoms with Crippen molar-refractivity contribution in [2.75, 3.05) is 10.3 Å². The van der Waals surface area contributed by atoms with Crippen molar-refractivity contribution in [3.63, 3.8) is 0 Å². The summed E-state index contributed by atoms with van der Waals surface area (Å²) in [6.45, 7) is 1.53. The van der Waals surface area contributed by atoms with E-state index in [4.69, 9.17) is 0 Å². The van der Waals surface area contributed by atoms with E-state index < -0.39 is 29.5 Å². The summed E-state index contributed by atoms with van der Waals surface area (Å²) < 4.78 is 37.9. The summed E-state index contributed by atoms with van der Waals surface area (Å²) >= 11 is 0. The maximum atomic E-state index is 12.6. The van der Waals surface area contributed by atoms with Gasteiger partial charge in [0.1, 0.15) is 0 Å². The summed E-state index contributed by atoms with van der Waals surface area (Å²) in [6, 6.07) is 12.6. The Balaban J connectivity index is 1.78. The Morgan fingerprint density at radius 2 is 1.69 bits per heavy atom. The number of halogens is 3. The van der Waals surface area contributed by atoms with E-state index >= 15 is 0 Å². The lowest BCUT2D eigenvalue weighted by Gasteiger charge is -2.15. The summed E-state index contributed by atoms with van der Waals surface area (Å²) in [5.41, 5.74) is 0.138. The van der Waals surface area contributed by atoms with Crippen molar-refractivity contribution in [1.29, 1.82) is 0 Å². The van der Waals surface area contributed by atoms with Crippen molar-refractivity contribution in [2.45, 2.75) is 13.1 Å². The average Bonchev–Trinajstić information content (AvgIpc) is 2.89. The molecule has 1 atom stereocenters. The standard InChI is InChI=1S/C18H14F3N3O2/c1-11-15(16(25)22-13-5-3-2-4-6-13)17(26)24(23-11)14-9-7-12(8-10-14)18(19,20)21/h2-10,15H,1H3,(H,22,25). The first kappa shape index (κ1) is 17.7. The van der Waals surface area contributed by atoms with Crippen molar-refractivity contribution in [3.05, 3.63) is 60.2 Å². The van der Waals surface area contributed by atoms with Crippen LogP contribution in [0.2, 0.25) is 0 Å². The molecule has 8 heteroatoms. The molecule has 1 N–H and O–H groups in total. The van der Waals surface area contributed by atoms with Gasteiger partial charge in [0.2, 0.25) is 5.91 Å². The fraction of sp³-hybridized carbons (Fsp3) is 0.167. The lowest BCUT2D eigenvalue weighted by molar-refractivity contribution is -0.137. The predicted molar refractivity (Wildman–Crippen MR) is 90.6 cm³/mol. The van der Waals surface area contributed by atoms with Gasteiger partial charge in [-0.3, -0.25) is 9.59 Å². The van der Waals surface area contributed by atoms with Crippen LogP contribution < -0.4 is 10.3 Å². The highest BCUT2D eigenvalue weighted by molar-refractivity contribution is 6.28. The van der Waals surface area contributed by atoms with Crippen LogP contribution in [0.25, 0.3) is 0 Å². The van der Waals surface area contributed by atoms with Crippen molar-refractivity contribution < 1.29 is 22.8 Å². The lowest BCUT2D eigenvalue weighted by atomic mass is 10.0. The predicted octanol–water partition coefficient (Wildman–Crippen LogP) is 3.68. The summed E-state index contributed by atoms with van der Waals surface area (Å²) in [6.07, 6.45) is -4.47. The molecule has 2 amide bonds. The molecule has 0 fully saturated rings. The molecule has 2 aromatic carbocycles. The zero-order valence-electron chi connectivity index (χ0n) is 13.6. The third-order valence-corrected chi connectivity index (χ3v) is 3.87. The zero-order valence-corrected chi connectivity index (χ0v) is 13.6. The van der Waals surface area contributed by atoms with E-state index in [1.807, 2.05) is 0 Å². The summed E-state index contributed by atoms with van der Waals surface area (Å²) in [5, 5.41) is 7.61. The molecule has 2 aromatic rings. The van der Waals surface area contributed by atoms with E-state index in [9.17, 15) is 22.8 Å². The fourth-order valence-corrected chi connectivity index (χ4v) is 2.58. The van der Waals surface area contributed by atoms with Gasteiger partial charge in [-0.2, -0.15) is 23.3 Å². The molecule has 0 aromatic heterocycles. The number of hydrogen-bond donors (Lipinski definition) is 1. The minimum absolute atomic E-state index is 0.164. The van der Waals surface area contributed by atoms with Gasteiger partial charge in [0.25, 0.3) is 5.91 Å². The highest BCUT2D eigenvalue weighted by Gasteiger charge is 2.40. The number of amides is 2. The number of alkyl halides is 3. The van der Waals surface area contributed by atoms with Crippen molar-refractivity contribution in [2.24, 2.45) is 11.0 Å². The second-order valence-electron chi connectivity index (χ2n) is 5.72. The molecule has 0 aliphatic carbocycles. The maximum Gasteiger partial charge on any atom is 0.416 e. The molecule has 0 saturated carbocycles. The highest BCUT2D eigenvalue weighted by Crippen LogP contribution is 2.32. The third-order valence-electron chi connectivity index (χ3n) is 3.87. The Morgan fingerprint density at radius 3 is 2.27 bits per heavy atom. The van der Waals surface area contributed by atoms with Gasteiger partial charge in [-0.05, 0) is 43.3 Å². The number of anilines is 2. The van der Waals surface area contributed by atoms with Gasteiger partial charge in [0.15, 0.2) is 5.92 Å². The first-order valence-electron chi connectivity index (χ1n) is 7.69. The van der Waals surface area contributed by atoms with E-state index in [1.165, 1.54) is 6.92 Å². The number of hydrogen-bond acceptors (Lipinski definition) is 3. The molecule has 0 saturated heterocycles. The summed E-state index contributed by atoms with van der Waals surface area (Å²) in [4.78, 5) is 25.0. The second kappa shape index (κ2) is 6.62. The lowest BCUT2D eigenvalue weighted by Crippen LogP contribution is -2.36. The van der Waals surface area contributed by atoms with Crippen LogP contribution in [0.15, 0.2) is 59.7 Å². The third kappa shape index (κ3) is 3.44.